The molecule has 1 unspecified atom stereocenters. The predicted molar refractivity (Wildman–Crippen MR) is 82.3 cm³/mol. The van der Waals surface area contributed by atoms with Gasteiger partial charge < -0.3 is 10.3 Å². The van der Waals surface area contributed by atoms with Crippen LogP contribution in [0.2, 0.25) is 0 Å². The van der Waals surface area contributed by atoms with Crippen molar-refractivity contribution in [3.63, 3.8) is 0 Å². The average molecular weight is 359 g/mol. The van der Waals surface area contributed by atoms with Crippen LogP contribution in [-0.2, 0) is 6.54 Å². The zero-order valence-electron chi connectivity index (χ0n) is 9.40. The summed E-state index contributed by atoms with van der Waals surface area (Å²) in [6.45, 7) is 0.994. The van der Waals surface area contributed by atoms with Crippen molar-refractivity contribution < 1.29 is 0 Å². The fraction of sp³-hybridized carbons (Fsp3) is 0.417. The Labute approximate surface area is 118 Å². The number of nitrogens with two attached hydrogens (primary N) is 1. The zero-order valence-corrected chi connectivity index (χ0v) is 12.4. The molecule has 0 bridgehead atoms. The van der Waals surface area contributed by atoms with E-state index in [-0.39, 0.29) is 0 Å². The molecule has 0 saturated carbocycles. The molecule has 1 aromatic carbocycles. The van der Waals surface area contributed by atoms with Crippen molar-refractivity contribution >= 4 is 51.3 Å². The minimum absolute atomic E-state index is 0.648. The Hall–Kier alpha value is -0.430. The molecule has 90 valence electrons. The standard InChI is InChI=1S/C12H14IN3S/c13-8-3-4-11-10(6-8)15-12(14)16(11)7-9-2-1-5-17-9/h3-4,6,9H,1-2,5,7H2,(H2,14,15). The number of hydrogen-bond acceptors (Lipinski definition) is 3. The third-order valence-electron chi connectivity index (χ3n) is 3.15. The molecule has 1 atom stereocenters. The minimum atomic E-state index is 0.648. The fourth-order valence-electron chi connectivity index (χ4n) is 2.31. The van der Waals surface area contributed by atoms with E-state index in [1.165, 1.54) is 22.2 Å². The van der Waals surface area contributed by atoms with Crippen molar-refractivity contribution in [2.45, 2.75) is 24.6 Å². The first kappa shape index (κ1) is 11.6. The topological polar surface area (TPSA) is 43.8 Å². The van der Waals surface area contributed by atoms with E-state index in [2.05, 4.69) is 62.1 Å². The van der Waals surface area contributed by atoms with Crippen LogP contribution in [0.4, 0.5) is 5.95 Å². The summed E-state index contributed by atoms with van der Waals surface area (Å²) < 4.78 is 3.36. The van der Waals surface area contributed by atoms with E-state index < -0.39 is 0 Å². The fourth-order valence-corrected chi connectivity index (χ4v) is 4.03. The second-order valence-corrected chi connectivity index (χ2v) is 7.00. The third kappa shape index (κ3) is 2.27. The first-order valence-electron chi connectivity index (χ1n) is 5.77. The SMILES string of the molecule is Nc1nc2cc(I)ccc2n1CC1CCCS1. The van der Waals surface area contributed by atoms with Crippen LogP contribution in [0.3, 0.4) is 0 Å². The number of nitrogen functional groups attached to an aromatic ring is 1. The van der Waals surface area contributed by atoms with Gasteiger partial charge in [0.05, 0.1) is 11.0 Å². The first-order chi connectivity index (χ1) is 8.24. The maximum Gasteiger partial charge on any atom is 0.201 e. The van der Waals surface area contributed by atoms with Crippen LogP contribution in [-0.4, -0.2) is 20.6 Å². The summed E-state index contributed by atoms with van der Waals surface area (Å²) in [6.07, 6.45) is 2.63. The van der Waals surface area contributed by atoms with Crippen molar-refractivity contribution in [3.05, 3.63) is 21.8 Å². The van der Waals surface area contributed by atoms with Gasteiger partial charge in [-0.2, -0.15) is 11.8 Å². The van der Waals surface area contributed by atoms with Gasteiger partial charge in [-0.05, 0) is 59.4 Å². The number of aromatic nitrogens is 2. The van der Waals surface area contributed by atoms with Crippen LogP contribution in [0.15, 0.2) is 18.2 Å². The Bertz CT molecular complexity index is 546. The van der Waals surface area contributed by atoms with Crippen molar-refractivity contribution in [1.82, 2.24) is 9.55 Å². The van der Waals surface area contributed by atoms with Gasteiger partial charge >= 0.3 is 0 Å². The number of rotatable bonds is 2. The Kier molecular flexibility index (Phi) is 3.21. The highest BCUT2D eigenvalue weighted by atomic mass is 127. The molecule has 0 spiro atoms. The van der Waals surface area contributed by atoms with E-state index >= 15 is 0 Å². The molecule has 17 heavy (non-hydrogen) atoms. The molecule has 1 aliphatic heterocycles. The maximum atomic E-state index is 6.02. The average Bonchev–Trinajstić information content (AvgIpc) is 2.88. The Balaban J connectivity index is 1.99. The summed E-state index contributed by atoms with van der Waals surface area (Å²) in [4.78, 5) is 4.44. The van der Waals surface area contributed by atoms with E-state index in [1.807, 2.05) is 0 Å². The van der Waals surface area contributed by atoms with Crippen LogP contribution in [0, 0.1) is 3.57 Å². The molecule has 1 saturated heterocycles. The summed E-state index contributed by atoms with van der Waals surface area (Å²) in [5.41, 5.74) is 8.20. The molecular formula is C12H14IN3S. The Morgan fingerprint density at radius 1 is 1.53 bits per heavy atom. The third-order valence-corrected chi connectivity index (χ3v) is 5.20. The van der Waals surface area contributed by atoms with Gasteiger partial charge in [0.1, 0.15) is 0 Å². The van der Waals surface area contributed by atoms with E-state index in [1.54, 1.807) is 0 Å². The molecule has 1 fully saturated rings. The smallest absolute Gasteiger partial charge is 0.201 e. The quantitative estimate of drug-likeness (QED) is 0.838. The molecule has 2 heterocycles. The van der Waals surface area contributed by atoms with E-state index in [0.29, 0.717) is 11.2 Å². The van der Waals surface area contributed by atoms with Gasteiger partial charge in [0.15, 0.2) is 0 Å². The number of fused-ring (bicyclic) bond motifs is 1. The molecule has 5 heteroatoms. The van der Waals surface area contributed by atoms with Gasteiger partial charge in [-0.3, -0.25) is 0 Å². The predicted octanol–water partition coefficient (Wildman–Crippen LogP) is 3.12. The second kappa shape index (κ2) is 4.68. The van der Waals surface area contributed by atoms with Crippen LogP contribution < -0.4 is 5.73 Å². The lowest BCUT2D eigenvalue weighted by atomic mass is 10.2. The van der Waals surface area contributed by atoms with Gasteiger partial charge in [-0.15, -0.1) is 0 Å². The first-order valence-corrected chi connectivity index (χ1v) is 7.89. The lowest BCUT2D eigenvalue weighted by molar-refractivity contribution is 0.658. The second-order valence-electron chi connectivity index (χ2n) is 4.35. The summed E-state index contributed by atoms with van der Waals surface area (Å²) in [7, 11) is 0. The van der Waals surface area contributed by atoms with Crippen LogP contribution in [0.5, 0.6) is 0 Å². The zero-order chi connectivity index (χ0) is 11.8. The molecule has 3 rings (SSSR count). The van der Waals surface area contributed by atoms with E-state index in [9.17, 15) is 0 Å². The van der Waals surface area contributed by atoms with Crippen molar-refractivity contribution in [3.8, 4) is 0 Å². The summed E-state index contributed by atoms with van der Waals surface area (Å²) in [5.74, 6) is 1.93. The number of hydrogen-bond donors (Lipinski definition) is 1. The normalized spacial score (nSPS) is 20.2. The van der Waals surface area contributed by atoms with Gasteiger partial charge in [0.2, 0.25) is 5.95 Å². The van der Waals surface area contributed by atoms with E-state index in [0.717, 1.165) is 17.6 Å². The molecule has 1 aliphatic rings. The highest BCUT2D eigenvalue weighted by molar-refractivity contribution is 14.1. The highest BCUT2D eigenvalue weighted by Gasteiger charge is 2.18. The molecular weight excluding hydrogens is 345 g/mol. The lowest BCUT2D eigenvalue weighted by Crippen LogP contribution is -2.12. The summed E-state index contributed by atoms with van der Waals surface area (Å²) in [6, 6.07) is 6.33. The van der Waals surface area contributed by atoms with Crippen molar-refractivity contribution in [2.24, 2.45) is 0 Å². The number of thioether (sulfide) groups is 1. The number of nitrogens with zero attached hydrogens (tertiary/aromatic N) is 2. The van der Waals surface area contributed by atoms with Gasteiger partial charge in [0.25, 0.3) is 0 Å². The van der Waals surface area contributed by atoms with Gasteiger partial charge in [-0.25, -0.2) is 4.98 Å². The van der Waals surface area contributed by atoms with Crippen molar-refractivity contribution in [1.29, 1.82) is 0 Å². The van der Waals surface area contributed by atoms with Crippen molar-refractivity contribution in [2.75, 3.05) is 11.5 Å². The molecule has 0 aliphatic carbocycles. The number of benzene rings is 1. The molecule has 0 radical (unpaired) electrons. The van der Waals surface area contributed by atoms with Gasteiger partial charge in [-0.1, -0.05) is 0 Å². The summed E-state index contributed by atoms with van der Waals surface area (Å²) in [5, 5.41) is 0.703. The van der Waals surface area contributed by atoms with E-state index in [4.69, 9.17) is 5.73 Å². The monoisotopic (exact) mass is 359 g/mol. The maximum absolute atomic E-state index is 6.02. The molecule has 3 nitrogen and oxygen atoms in total. The molecule has 1 aromatic heterocycles. The Morgan fingerprint density at radius 2 is 2.41 bits per heavy atom. The molecule has 0 amide bonds. The van der Waals surface area contributed by atoms with Crippen LogP contribution >= 0.6 is 34.4 Å². The number of anilines is 1. The molecule has 2 N–H and O–H groups in total. The molecule has 2 aromatic rings. The lowest BCUT2D eigenvalue weighted by Gasteiger charge is -2.11. The van der Waals surface area contributed by atoms with Crippen LogP contribution in [0.1, 0.15) is 12.8 Å². The summed E-state index contributed by atoms with van der Waals surface area (Å²) >= 11 is 4.36. The minimum Gasteiger partial charge on any atom is -0.369 e. The number of halogens is 1. The Morgan fingerprint density at radius 3 is 3.18 bits per heavy atom. The number of imidazole rings is 1. The van der Waals surface area contributed by atoms with Gasteiger partial charge in [0, 0.05) is 15.4 Å². The van der Waals surface area contributed by atoms with Crippen LogP contribution in [0.25, 0.3) is 11.0 Å². The largest absolute Gasteiger partial charge is 0.369 e. The highest BCUT2D eigenvalue weighted by Crippen LogP contribution is 2.30.